The van der Waals surface area contributed by atoms with Gasteiger partial charge in [0, 0.05) is 19.0 Å². The van der Waals surface area contributed by atoms with E-state index in [2.05, 4.69) is 5.32 Å². The van der Waals surface area contributed by atoms with Gasteiger partial charge in [-0.1, -0.05) is 19.8 Å². The Kier molecular flexibility index (Phi) is 5.84. The molecule has 2 heterocycles. The fourth-order valence-electron chi connectivity index (χ4n) is 3.24. The zero-order chi connectivity index (χ0) is 17.9. The molecule has 3 atom stereocenters. The second-order valence-corrected chi connectivity index (χ2v) is 8.77. The molecule has 2 aliphatic heterocycles. The standard InChI is InChI=1S/C15H24N2O6S/c1-2-3-4-12(15(20)21)16-14(19)10-7-13(18)17(8-10)11-5-6-24(22,23)9-11/h10-12H,2-9H2,1H3,(H,16,19)(H,20,21). The van der Waals surface area contributed by atoms with E-state index in [9.17, 15) is 22.8 Å². The number of carboxylic acids is 1. The van der Waals surface area contributed by atoms with Crippen molar-refractivity contribution in [2.75, 3.05) is 18.1 Å². The molecule has 0 spiro atoms. The molecule has 2 amide bonds. The normalized spacial score (nSPS) is 27.2. The van der Waals surface area contributed by atoms with E-state index in [-0.39, 0.29) is 36.4 Å². The SMILES string of the molecule is CCCCC(NC(=O)C1CC(=O)N(C2CCS(=O)(=O)C2)C1)C(=O)O. The molecule has 2 rings (SSSR count). The quantitative estimate of drug-likeness (QED) is 0.647. The van der Waals surface area contributed by atoms with Crippen molar-refractivity contribution < 1.29 is 27.9 Å². The molecule has 3 unspecified atom stereocenters. The second kappa shape index (κ2) is 7.50. The van der Waals surface area contributed by atoms with Crippen LogP contribution in [0.2, 0.25) is 0 Å². The molecular formula is C15H24N2O6S. The smallest absolute Gasteiger partial charge is 0.326 e. The molecule has 0 aromatic rings. The second-order valence-electron chi connectivity index (χ2n) is 6.55. The average Bonchev–Trinajstić information content (AvgIpc) is 3.05. The molecule has 2 aliphatic rings. The molecule has 9 heteroatoms. The summed E-state index contributed by atoms with van der Waals surface area (Å²) in [6.45, 7) is 2.09. The largest absolute Gasteiger partial charge is 0.480 e. The molecule has 8 nitrogen and oxygen atoms in total. The van der Waals surface area contributed by atoms with Crippen molar-refractivity contribution in [3.63, 3.8) is 0 Å². The highest BCUT2D eigenvalue weighted by atomic mass is 32.2. The van der Waals surface area contributed by atoms with Gasteiger partial charge in [-0.3, -0.25) is 9.59 Å². The first-order valence-electron chi connectivity index (χ1n) is 8.26. The number of amides is 2. The monoisotopic (exact) mass is 360 g/mol. The van der Waals surface area contributed by atoms with E-state index in [1.165, 1.54) is 4.90 Å². The van der Waals surface area contributed by atoms with Crippen molar-refractivity contribution in [1.82, 2.24) is 10.2 Å². The average molecular weight is 360 g/mol. The number of hydrogen-bond acceptors (Lipinski definition) is 5. The number of sulfone groups is 1. The Morgan fingerprint density at radius 2 is 2.12 bits per heavy atom. The Hall–Kier alpha value is -1.64. The molecular weight excluding hydrogens is 336 g/mol. The summed E-state index contributed by atoms with van der Waals surface area (Å²) in [5.74, 6) is -2.38. The van der Waals surface area contributed by atoms with Gasteiger partial charge in [0.2, 0.25) is 11.8 Å². The number of nitrogens with one attached hydrogen (secondary N) is 1. The minimum Gasteiger partial charge on any atom is -0.480 e. The number of nitrogens with zero attached hydrogens (tertiary/aromatic N) is 1. The van der Waals surface area contributed by atoms with Crippen LogP contribution in [0.1, 0.15) is 39.0 Å². The zero-order valence-electron chi connectivity index (χ0n) is 13.7. The van der Waals surface area contributed by atoms with Gasteiger partial charge in [-0.25, -0.2) is 13.2 Å². The Morgan fingerprint density at radius 3 is 2.67 bits per heavy atom. The fraction of sp³-hybridized carbons (Fsp3) is 0.800. The van der Waals surface area contributed by atoms with Crippen molar-refractivity contribution in [3.8, 4) is 0 Å². The maximum atomic E-state index is 12.3. The maximum Gasteiger partial charge on any atom is 0.326 e. The van der Waals surface area contributed by atoms with Crippen molar-refractivity contribution in [1.29, 1.82) is 0 Å². The van der Waals surface area contributed by atoms with Crippen LogP contribution in [-0.2, 0) is 24.2 Å². The van der Waals surface area contributed by atoms with Gasteiger partial charge in [0.15, 0.2) is 9.84 Å². The summed E-state index contributed by atoms with van der Waals surface area (Å²) in [6.07, 6.45) is 2.26. The van der Waals surface area contributed by atoms with E-state index in [0.29, 0.717) is 19.3 Å². The van der Waals surface area contributed by atoms with E-state index < -0.39 is 33.7 Å². The molecule has 2 N–H and O–H groups in total. The maximum absolute atomic E-state index is 12.3. The molecule has 0 radical (unpaired) electrons. The van der Waals surface area contributed by atoms with Gasteiger partial charge in [-0.2, -0.15) is 0 Å². The lowest BCUT2D eigenvalue weighted by Crippen LogP contribution is -2.44. The van der Waals surface area contributed by atoms with Gasteiger partial charge in [0.05, 0.1) is 17.4 Å². The van der Waals surface area contributed by atoms with E-state index in [0.717, 1.165) is 6.42 Å². The van der Waals surface area contributed by atoms with Crippen LogP contribution in [0.3, 0.4) is 0 Å². The van der Waals surface area contributed by atoms with Crippen molar-refractivity contribution in [2.45, 2.75) is 51.1 Å². The van der Waals surface area contributed by atoms with Gasteiger partial charge in [-0.05, 0) is 12.8 Å². The number of likely N-dealkylation sites (tertiary alicyclic amines) is 1. The molecule has 2 saturated heterocycles. The Labute approximate surface area is 141 Å². The van der Waals surface area contributed by atoms with E-state index in [1.807, 2.05) is 6.92 Å². The molecule has 0 saturated carbocycles. The van der Waals surface area contributed by atoms with Gasteiger partial charge >= 0.3 is 5.97 Å². The first kappa shape index (κ1) is 18.7. The Bertz CT molecular complexity index is 617. The van der Waals surface area contributed by atoms with Crippen molar-refractivity contribution in [3.05, 3.63) is 0 Å². The highest BCUT2D eigenvalue weighted by Gasteiger charge is 2.42. The molecule has 0 bridgehead atoms. The number of carboxylic acid groups (broad SMARTS) is 1. The van der Waals surface area contributed by atoms with Crippen LogP contribution < -0.4 is 5.32 Å². The summed E-state index contributed by atoms with van der Waals surface area (Å²) >= 11 is 0. The predicted molar refractivity (Wildman–Crippen MR) is 86.0 cm³/mol. The molecule has 136 valence electrons. The van der Waals surface area contributed by atoms with Gasteiger partial charge in [-0.15, -0.1) is 0 Å². The Balaban J connectivity index is 1.94. The summed E-state index contributed by atoms with van der Waals surface area (Å²) in [5, 5.41) is 11.7. The zero-order valence-corrected chi connectivity index (χ0v) is 14.5. The lowest BCUT2D eigenvalue weighted by atomic mass is 10.1. The van der Waals surface area contributed by atoms with E-state index >= 15 is 0 Å². The van der Waals surface area contributed by atoms with Crippen molar-refractivity contribution >= 4 is 27.6 Å². The molecule has 0 aromatic heterocycles. The lowest BCUT2D eigenvalue weighted by molar-refractivity contribution is -0.142. The van der Waals surface area contributed by atoms with Crippen LogP contribution in [0.5, 0.6) is 0 Å². The summed E-state index contributed by atoms with van der Waals surface area (Å²) < 4.78 is 23.1. The third kappa shape index (κ3) is 4.46. The molecule has 0 aromatic carbocycles. The van der Waals surface area contributed by atoms with Crippen molar-refractivity contribution in [2.24, 2.45) is 5.92 Å². The molecule has 2 fully saturated rings. The summed E-state index contributed by atoms with van der Waals surface area (Å²) in [4.78, 5) is 37.1. The summed E-state index contributed by atoms with van der Waals surface area (Å²) in [7, 11) is -3.11. The Morgan fingerprint density at radius 1 is 1.42 bits per heavy atom. The molecule has 24 heavy (non-hydrogen) atoms. The van der Waals surface area contributed by atoms with Crippen LogP contribution >= 0.6 is 0 Å². The first-order chi connectivity index (χ1) is 11.2. The summed E-state index contributed by atoms with van der Waals surface area (Å²) in [6, 6.07) is -1.32. The third-order valence-electron chi connectivity index (χ3n) is 4.64. The van der Waals surface area contributed by atoms with Crippen LogP contribution in [0, 0.1) is 5.92 Å². The number of aliphatic carboxylic acids is 1. The fourth-order valence-corrected chi connectivity index (χ4v) is 4.97. The van der Waals surface area contributed by atoms with Crippen LogP contribution in [0.25, 0.3) is 0 Å². The van der Waals surface area contributed by atoms with Crippen LogP contribution in [0.15, 0.2) is 0 Å². The van der Waals surface area contributed by atoms with Crippen LogP contribution in [0.4, 0.5) is 0 Å². The summed E-state index contributed by atoms with van der Waals surface area (Å²) in [5.41, 5.74) is 0. The van der Waals surface area contributed by atoms with Gasteiger partial charge < -0.3 is 15.3 Å². The third-order valence-corrected chi connectivity index (χ3v) is 6.39. The van der Waals surface area contributed by atoms with E-state index in [1.54, 1.807) is 0 Å². The minimum absolute atomic E-state index is 0.00248. The lowest BCUT2D eigenvalue weighted by Gasteiger charge is -2.23. The number of carbonyl (C=O) groups excluding carboxylic acids is 2. The first-order valence-corrected chi connectivity index (χ1v) is 10.1. The number of unbranched alkanes of at least 4 members (excludes halogenated alkanes) is 1. The van der Waals surface area contributed by atoms with Crippen LogP contribution in [-0.4, -0.2) is 66.3 Å². The predicted octanol–water partition coefficient (Wildman–Crippen LogP) is -0.218. The van der Waals surface area contributed by atoms with E-state index in [4.69, 9.17) is 5.11 Å². The number of carbonyl (C=O) groups is 3. The number of rotatable bonds is 7. The van der Waals surface area contributed by atoms with Gasteiger partial charge in [0.25, 0.3) is 0 Å². The number of hydrogen-bond donors (Lipinski definition) is 2. The molecule has 0 aliphatic carbocycles. The minimum atomic E-state index is -3.11. The highest BCUT2D eigenvalue weighted by molar-refractivity contribution is 7.91. The van der Waals surface area contributed by atoms with Gasteiger partial charge in [0.1, 0.15) is 6.04 Å². The highest BCUT2D eigenvalue weighted by Crippen LogP contribution is 2.26. The topological polar surface area (TPSA) is 121 Å².